The number of carbonyl (C=O) groups excluding carboxylic acids is 3. The number of nitrogens with zero attached hydrogens (tertiary/aromatic N) is 3. The highest BCUT2D eigenvalue weighted by atomic mass is 32.2. The molecule has 1 aliphatic carbocycles. The molecule has 1 heterocycles. The van der Waals surface area contributed by atoms with Gasteiger partial charge in [0.25, 0.3) is 0 Å². The van der Waals surface area contributed by atoms with Crippen LogP contribution in [-0.4, -0.2) is 58.7 Å². The Morgan fingerprint density at radius 2 is 1.77 bits per heavy atom. The maximum absolute atomic E-state index is 12.8. The molecule has 204 valence electrons. The lowest BCUT2D eigenvalue weighted by Gasteiger charge is -2.13. The molecule has 0 atom stereocenters. The standard InChI is InChI=1S/C28H30N4O6S/c1-4-15-32-25(18-9-12-21(13-10-18)38-20-7-5-6-8-20)30-31-28(32)39-17-24(33)29-23-16-19(26(34)36-2)11-14-22(23)27(35)37-3/h4,9-14,16,20H,1,5-8,15,17H2,2-3H3,(H,29,33). The maximum Gasteiger partial charge on any atom is 0.339 e. The Hall–Kier alpha value is -4.12. The van der Waals surface area contributed by atoms with Gasteiger partial charge in [-0.3, -0.25) is 9.36 Å². The van der Waals surface area contributed by atoms with Crippen molar-refractivity contribution in [2.75, 3.05) is 25.3 Å². The molecule has 0 unspecified atom stereocenters. The number of carbonyl (C=O) groups is 3. The fraction of sp³-hybridized carbons (Fsp3) is 0.321. The summed E-state index contributed by atoms with van der Waals surface area (Å²) in [7, 11) is 2.48. The normalized spacial score (nSPS) is 13.1. The molecule has 39 heavy (non-hydrogen) atoms. The van der Waals surface area contributed by atoms with Crippen molar-refractivity contribution in [3.63, 3.8) is 0 Å². The van der Waals surface area contributed by atoms with Crippen molar-refractivity contribution in [3.8, 4) is 17.1 Å². The molecule has 0 radical (unpaired) electrons. The number of ether oxygens (including phenoxy) is 3. The molecule has 1 aliphatic rings. The van der Waals surface area contributed by atoms with Gasteiger partial charge in [0.15, 0.2) is 11.0 Å². The highest BCUT2D eigenvalue weighted by Crippen LogP contribution is 2.28. The summed E-state index contributed by atoms with van der Waals surface area (Å²) >= 11 is 1.19. The summed E-state index contributed by atoms with van der Waals surface area (Å²) in [6, 6.07) is 12.0. The third-order valence-corrected chi connectivity index (χ3v) is 7.17. The number of amides is 1. The number of hydrogen-bond donors (Lipinski definition) is 1. The van der Waals surface area contributed by atoms with E-state index < -0.39 is 17.8 Å². The van der Waals surface area contributed by atoms with E-state index in [1.165, 1.54) is 57.0 Å². The summed E-state index contributed by atoms with van der Waals surface area (Å²) in [5.41, 5.74) is 1.30. The van der Waals surface area contributed by atoms with Gasteiger partial charge in [0, 0.05) is 12.1 Å². The van der Waals surface area contributed by atoms with Gasteiger partial charge in [0.05, 0.1) is 42.9 Å². The zero-order chi connectivity index (χ0) is 27.8. The molecule has 0 bridgehead atoms. The second-order valence-electron chi connectivity index (χ2n) is 8.83. The van der Waals surface area contributed by atoms with E-state index in [-0.39, 0.29) is 28.7 Å². The Morgan fingerprint density at radius 1 is 1.05 bits per heavy atom. The molecular weight excluding hydrogens is 520 g/mol. The Balaban J connectivity index is 1.46. The molecule has 1 N–H and O–H groups in total. The van der Waals surface area contributed by atoms with E-state index in [2.05, 4.69) is 22.1 Å². The first kappa shape index (κ1) is 27.9. The Kier molecular flexibility index (Phi) is 9.37. The number of anilines is 1. The first-order valence-corrected chi connectivity index (χ1v) is 13.5. The molecule has 0 spiro atoms. The number of nitrogens with one attached hydrogen (secondary N) is 1. The van der Waals surface area contributed by atoms with Gasteiger partial charge in [0.2, 0.25) is 5.91 Å². The minimum absolute atomic E-state index is 0.0213. The molecule has 0 aliphatic heterocycles. The lowest BCUT2D eigenvalue weighted by molar-refractivity contribution is -0.113. The van der Waals surface area contributed by atoms with Crippen LogP contribution in [0, 0.1) is 0 Å². The second-order valence-corrected chi connectivity index (χ2v) is 9.78. The van der Waals surface area contributed by atoms with Crippen molar-refractivity contribution in [1.82, 2.24) is 14.8 Å². The van der Waals surface area contributed by atoms with Crippen LogP contribution >= 0.6 is 11.8 Å². The fourth-order valence-corrected chi connectivity index (χ4v) is 5.03. The third-order valence-electron chi connectivity index (χ3n) is 6.20. The third kappa shape index (κ3) is 6.85. The molecule has 4 rings (SSSR count). The summed E-state index contributed by atoms with van der Waals surface area (Å²) in [6.45, 7) is 4.28. The van der Waals surface area contributed by atoms with Crippen LogP contribution in [0.15, 0.2) is 60.3 Å². The summed E-state index contributed by atoms with van der Waals surface area (Å²) in [5.74, 6) is -0.204. The molecule has 1 aromatic heterocycles. The van der Waals surface area contributed by atoms with Crippen molar-refractivity contribution in [1.29, 1.82) is 0 Å². The van der Waals surface area contributed by atoms with Gasteiger partial charge in [-0.25, -0.2) is 9.59 Å². The first-order valence-electron chi connectivity index (χ1n) is 12.5. The number of benzene rings is 2. The van der Waals surface area contributed by atoms with Crippen molar-refractivity contribution < 1.29 is 28.6 Å². The molecular formula is C28H30N4O6S. The van der Waals surface area contributed by atoms with Crippen LogP contribution in [0.5, 0.6) is 5.75 Å². The van der Waals surface area contributed by atoms with E-state index in [0.29, 0.717) is 17.5 Å². The minimum atomic E-state index is -0.649. The van der Waals surface area contributed by atoms with Gasteiger partial charge in [-0.15, -0.1) is 16.8 Å². The maximum atomic E-state index is 12.8. The molecule has 10 nitrogen and oxygen atoms in total. The molecule has 1 saturated carbocycles. The van der Waals surface area contributed by atoms with Crippen molar-refractivity contribution >= 4 is 35.3 Å². The zero-order valence-electron chi connectivity index (χ0n) is 21.8. The average Bonchev–Trinajstić information content (AvgIpc) is 3.61. The second kappa shape index (κ2) is 13.1. The first-order chi connectivity index (χ1) is 18.9. The van der Waals surface area contributed by atoms with E-state index >= 15 is 0 Å². The molecule has 1 fully saturated rings. The van der Waals surface area contributed by atoms with Crippen molar-refractivity contribution in [2.45, 2.75) is 43.5 Å². The largest absolute Gasteiger partial charge is 0.490 e. The molecule has 11 heteroatoms. The molecule has 3 aromatic rings. The van der Waals surface area contributed by atoms with Gasteiger partial charge < -0.3 is 19.5 Å². The van der Waals surface area contributed by atoms with Crippen LogP contribution < -0.4 is 10.1 Å². The predicted octanol–water partition coefficient (Wildman–Crippen LogP) is 4.76. The Morgan fingerprint density at radius 3 is 2.44 bits per heavy atom. The lowest BCUT2D eigenvalue weighted by atomic mass is 10.1. The highest BCUT2D eigenvalue weighted by molar-refractivity contribution is 7.99. The van der Waals surface area contributed by atoms with Gasteiger partial charge in [0.1, 0.15) is 5.75 Å². The molecule has 2 aromatic carbocycles. The predicted molar refractivity (Wildman–Crippen MR) is 147 cm³/mol. The summed E-state index contributed by atoms with van der Waals surface area (Å²) < 4.78 is 17.5. The van der Waals surface area contributed by atoms with Crippen LogP contribution in [-0.2, 0) is 20.8 Å². The van der Waals surface area contributed by atoms with Gasteiger partial charge >= 0.3 is 11.9 Å². The van der Waals surface area contributed by atoms with Crippen molar-refractivity contribution in [2.24, 2.45) is 0 Å². The fourth-order valence-electron chi connectivity index (χ4n) is 4.28. The van der Waals surface area contributed by atoms with Crippen molar-refractivity contribution in [3.05, 3.63) is 66.2 Å². The smallest absolute Gasteiger partial charge is 0.339 e. The topological polar surface area (TPSA) is 122 Å². The molecule has 1 amide bonds. The van der Waals surface area contributed by atoms with Gasteiger partial charge in [-0.05, 0) is 68.1 Å². The average molecular weight is 551 g/mol. The van der Waals surface area contributed by atoms with Crippen LogP contribution in [0.4, 0.5) is 5.69 Å². The minimum Gasteiger partial charge on any atom is -0.490 e. The summed E-state index contributed by atoms with van der Waals surface area (Å²) in [6.07, 6.45) is 6.60. The van der Waals surface area contributed by atoms with E-state index in [4.69, 9.17) is 14.2 Å². The van der Waals surface area contributed by atoms with Crippen LogP contribution in [0.3, 0.4) is 0 Å². The number of allylic oxidation sites excluding steroid dienone is 1. The van der Waals surface area contributed by atoms with Gasteiger partial charge in [-0.1, -0.05) is 17.8 Å². The number of hydrogen-bond acceptors (Lipinski definition) is 9. The number of esters is 2. The van der Waals surface area contributed by atoms with Gasteiger partial charge in [-0.2, -0.15) is 0 Å². The SMILES string of the molecule is C=CCn1c(SCC(=O)Nc2cc(C(=O)OC)ccc2C(=O)OC)nnc1-c1ccc(OC2CCCC2)cc1. The van der Waals surface area contributed by atoms with E-state index in [0.717, 1.165) is 24.2 Å². The number of aromatic nitrogens is 3. The van der Waals surface area contributed by atoms with E-state index in [1.807, 2.05) is 28.8 Å². The molecule has 0 saturated heterocycles. The van der Waals surface area contributed by atoms with E-state index in [9.17, 15) is 14.4 Å². The zero-order valence-corrected chi connectivity index (χ0v) is 22.7. The lowest BCUT2D eigenvalue weighted by Crippen LogP contribution is -2.18. The number of methoxy groups -OCH3 is 2. The Bertz CT molecular complexity index is 1350. The summed E-state index contributed by atoms with van der Waals surface area (Å²) in [4.78, 5) is 36.9. The highest BCUT2D eigenvalue weighted by Gasteiger charge is 2.20. The summed E-state index contributed by atoms with van der Waals surface area (Å²) in [5, 5.41) is 11.8. The monoisotopic (exact) mass is 550 g/mol. The quantitative estimate of drug-likeness (QED) is 0.205. The number of rotatable bonds is 11. The number of thioether (sulfide) groups is 1. The van der Waals surface area contributed by atoms with Crippen LogP contribution in [0.1, 0.15) is 46.4 Å². The van der Waals surface area contributed by atoms with E-state index in [1.54, 1.807) is 6.08 Å². The Labute approximate surface area is 230 Å². The van der Waals surface area contributed by atoms with Crippen LogP contribution in [0.25, 0.3) is 11.4 Å². The van der Waals surface area contributed by atoms with Crippen LogP contribution in [0.2, 0.25) is 0 Å².